The molecule has 1 atom stereocenters. The summed E-state index contributed by atoms with van der Waals surface area (Å²) in [6.07, 6.45) is 2.31. The molecule has 80 valence electrons. The lowest BCUT2D eigenvalue weighted by Gasteiger charge is -2.01. The molecule has 5 N–H and O–H groups in total. The first kappa shape index (κ1) is 12.8. The minimum atomic E-state index is -2.39. The molecular weight excluding hydrogens is 212 g/mol. The number of carbonyl (C=O) groups excluding carboxylic acids is 2. The van der Waals surface area contributed by atoms with E-state index in [0.717, 1.165) is 6.08 Å². The zero-order chi connectivity index (χ0) is 11.1. The van der Waals surface area contributed by atoms with E-state index in [1.165, 1.54) is 6.08 Å². The first-order valence-corrected chi connectivity index (χ1v) is 4.47. The van der Waals surface area contributed by atoms with Gasteiger partial charge in [0.1, 0.15) is 5.92 Å². The molecule has 0 aliphatic carbocycles. The average Bonchev–Trinajstić information content (AvgIpc) is 2.01. The number of carbonyl (C=O) groups is 2. The van der Waals surface area contributed by atoms with Crippen LogP contribution in [0.2, 0.25) is 0 Å². The fourth-order valence-corrected chi connectivity index (χ4v) is 0.814. The van der Waals surface area contributed by atoms with E-state index in [4.69, 9.17) is 16.0 Å². The van der Waals surface area contributed by atoms with E-state index in [-0.39, 0.29) is 6.61 Å². The van der Waals surface area contributed by atoms with Crippen LogP contribution < -0.4 is 11.5 Å². The van der Waals surface area contributed by atoms with E-state index in [1.807, 2.05) is 0 Å². The largest absolute Gasteiger partial charge is 0.369 e. The van der Waals surface area contributed by atoms with Crippen LogP contribution in [0.5, 0.6) is 0 Å². The standard InChI is InChI=1S/C6H10N2O5S/c7-5(9)4(6(8)10)2-1-3-13-14(11)12/h1-2,4H,3H2,(H2,7,9)(H2,8,10)(H,11,12). The van der Waals surface area contributed by atoms with Crippen LogP contribution in [0.4, 0.5) is 0 Å². The van der Waals surface area contributed by atoms with Gasteiger partial charge in [0.15, 0.2) is 0 Å². The third kappa shape index (κ3) is 5.41. The number of primary amides is 2. The van der Waals surface area contributed by atoms with Crippen LogP contribution in [0.15, 0.2) is 12.2 Å². The Hall–Kier alpha value is -1.25. The highest BCUT2D eigenvalue weighted by atomic mass is 32.2. The highest BCUT2D eigenvalue weighted by Crippen LogP contribution is 1.96. The Labute approximate surface area is 82.6 Å². The van der Waals surface area contributed by atoms with E-state index in [2.05, 4.69) is 4.18 Å². The lowest BCUT2D eigenvalue weighted by Crippen LogP contribution is -2.33. The molecule has 0 fully saturated rings. The third-order valence-electron chi connectivity index (χ3n) is 1.21. The van der Waals surface area contributed by atoms with Crippen molar-refractivity contribution in [2.75, 3.05) is 6.61 Å². The third-order valence-corrected chi connectivity index (χ3v) is 1.54. The number of hydrogen-bond acceptors (Lipinski definition) is 4. The maximum absolute atomic E-state index is 10.6. The molecular formula is C6H10N2O5S. The fourth-order valence-electron chi connectivity index (χ4n) is 0.619. The second kappa shape index (κ2) is 6.24. The fraction of sp³-hybridized carbons (Fsp3) is 0.333. The molecule has 0 saturated carbocycles. The average molecular weight is 222 g/mol. The highest BCUT2D eigenvalue weighted by Gasteiger charge is 2.17. The van der Waals surface area contributed by atoms with Crippen LogP contribution in [-0.2, 0) is 25.1 Å². The lowest BCUT2D eigenvalue weighted by atomic mass is 10.1. The first-order valence-electron chi connectivity index (χ1n) is 3.44. The summed E-state index contributed by atoms with van der Waals surface area (Å²) >= 11 is -2.39. The van der Waals surface area contributed by atoms with Crippen LogP contribution in [0.3, 0.4) is 0 Å². The predicted octanol–water partition coefficient (Wildman–Crippen LogP) is -1.72. The van der Waals surface area contributed by atoms with Gasteiger partial charge in [-0.05, 0) is 0 Å². The summed E-state index contributed by atoms with van der Waals surface area (Å²) in [7, 11) is 0. The van der Waals surface area contributed by atoms with Gasteiger partial charge in [-0.25, -0.2) is 0 Å². The molecule has 8 heteroatoms. The zero-order valence-corrected chi connectivity index (χ0v) is 7.90. The SMILES string of the molecule is NC(=O)C(C=CCOS(=O)O)C(N)=O. The van der Waals surface area contributed by atoms with Crippen molar-refractivity contribution in [1.82, 2.24) is 0 Å². The molecule has 0 spiro atoms. The van der Waals surface area contributed by atoms with Crippen molar-refractivity contribution in [3.8, 4) is 0 Å². The molecule has 1 unspecified atom stereocenters. The van der Waals surface area contributed by atoms with Crippen molar-refractivity contribution in [1.29, 1.82) is 0 Å². The molecule has 0 aliphatic rings. The minimum Gasteiger partial charge on any atom is -0.369 e. The Balaban J connectivity index is 4.10. The van der Waals surface area contributed by atoms with Gasteiger partial charge in [-0.3, -0.25) is 18.3 Å². The van der Waals surface area contributed by atoms with Crippen molar-refractivity contribution >= 4 is 23.2 Å². The predicted molar refractivity (Wildman–Crippen MR) is 47.7 cm³/mol. The monoisotopic (exact) mass is 222 g/mol. The summed E-state index contributed by atoms with van der Waals surface area (Å²) in [5, 5.41) is 0. The molecule has 0 saturated heterocycles. The Morgan fingerprint density at radius 1 is 1.43 bits per heavy atom. The van der Waals surface area contributed by atoms with Crippen LogP contribution >= 0.6 is 0 Å². The van der Waals surface area contributed by atoms with E-state index in [0.29, 0.717) is 0 Å². The summed E-state index contributed by atoms with van der Waals surface area (Å²) in [5.74, 6) is -3.01. The maximum Gasteiger partial charge on any atom is 0.302 e. The van der Waals surface area contributed by atoms with Crippen molar-refractivity contribution in [3.63, 3.8) is 0 Å². The summed E-state index contributed by atoms with van der Waals surface area (Å²) in [6.45, 7) is -0.222. The molecule has 0 rings (SSSR count). The van der Waals surface area contributed by atoms with Crippen molar-refractivity contribution in [2.45, 2.75) is 0 Å². The smallest absolute Gasteiger partial charge is 0.302 e. The Morgan fingerprint density at radius 2 is 1.93 bits per heavy atom. The Kier molecular flexibility index (Phi) is 5.68. The van der Waals surface area contributed by atoms with Crippen molar-refractivity contribution in [3.05, 3.63) is 12.2 Å². The van der Waals surface area contributed by atoms with Gasteiger partial charge >= 0.3 is 11.4 Å². The summed E-state index contributed by atoms with van der Waals surface area (Å²) < 4.78 is 22.3. The number of nitrogens with two attached hydrogens (primary N) is 2. The Bertz CT molecular complexity index is 263. The van der Waals surface area contributed by atoms with E-state index in [1.54, 1.807) is 0 Å². The van der Waals surface area contributed by atoms with Crippen molar-refractivity contribution < 1.29 is 22.5 Å². The Morgan fingerprint density at radius 3 is 2.29 bits per heavy atom. The van der Waals surface area contributed by atoms with Gasteiger partial charge in [-0.2, -0.15) is 4.21 Å². The van der Waals surface area contributed by atoms with E-state index < -0.39 is 29.1 Å². The number of amides is 2. The topological polar surface area (TPSA) is 133 Å². The summed E-state index contributed by atoms with van der Waals surface area (Å²) in [5.41, 5.74) is 9.68. The molecule has 2 amide bonds. The highest BCUT2D eigenvalue weighted by molar-refractivity contribution is 7.74. The van der Waals surface area contributed by atoms with Gasteiger partial charge in [0.05, 0.1) is 6.61 Å². The van der Waals surface area contributed by atoms with Crippen LogP contribution in [-0.4, -0.2) is 27.2 Å². The van der Waals surface area contributed by atoms with Gasteiger partial charge in [-0.15, -0.1) is 0 Å². The molecule has 0 aromatic carbocycles. The normalized spacial score (nSPS) is 13.3. The van der Waals surface area contributed by atoms with Crippen LogP contribution in [0.1, 0.15) is 0 Å². The van der Waals surface area contributed by atoms with Gasteiger partial charge < -0.3 is 11.5 Å². The van der Waals surface area contributed by atoms with Crippen molar-refractivity contribution in [2.24, 2.45) is 17.4 Å². The lowest BCUT2D eigenvalue weighted by molar-refractivity contribution is -0.129. The molecule has 0 aromatic heterocycles. The van der Waals surface area contributed by atoms with E-state index in [9.17, 15) is 13.8 Å². The number of rotatable bonds is 6. The van der Waals surface area contributed by atoms with Crippen LogP contribution in [0, 0.1) is 5.92 Å². The molecule has 0 heterocycles. The zero-order valence-electron chi connectivity index (χ0n) is 7.08. The van der Waals surface area contributed by atoms with Gasteiger partial charge in [-0.1, -0.05) is 12.2 Å². The van der Waals surface area contributed by atoms with Crippen LogP contribution in [0.25, 0.3) is 0 Å². The molecule has 0 aliphatic heterocycles. The number of hydrogen-bond donors (Lipinski definition) is 3. The molecule has 14 heavy (non-hydrogen) atoms. The molecule has 7 nitrogen and oxygen atoms in total. The molecule has 0 bridgehead atoms. The minimum absolute atomic E-state index is 0.222. The summed E-state index contributed by atoms with van der Waals surface area (Å²) in [6, 6.07) is 0. The molecule has 0 aromatic rings. The maximum atomic E-state index is 10.6. The molecule has 0 radical (unpaired) electrons. The second-order valence-corrected chi connectivity index (χ2v) is 2.88. The van der Waals surface area contributed by atoms with E-state index >= 15 is 0 Å². The van der Waals surface area contributed by atoms with Gasteiger partial charge in [0.2, 0.25) is 11.8 Å². The van der Waals surface area contributed by atoms with Gasteiger partial charge in [0, 0.05) is 0 Å². The first-order chi connectivity index (χ1) is 6.45. The van der Waals surface area contributed by atoms with Gasteiger partial charge in [0.25, 0.3) is 0 Å². The quantitative estimate of drug-likeness (QED) is 0.279. The summed E-state index contributed by atoms with van der Waals surface area (Å²) in [4.78, 5) is 21.2. The second-order valence-electron chi connectivity index (χ2n) is 2.21.